The Kier molecular flexibility index (Phi) is 3.52. The lowest BCUT2D eigenvalue weighted by Gasteiger charge is -2.02. The minimum atomic E-state index is -0.297. The number of thiazole rings is 1. The molecule has 0 bridgehead atoms. The summed E-state index contributed by atoms with van der Waals surface area (Å²) in [5.74, 6) is -0.297. The van der Waals surface area contributed by atoms with Crippen LogP contribution in [0.1, 0.15) is 10.4 Å². The highest BCUT2D eigenvalue weighted by molar-refractivity contribution is 9.11. The number of anilines is 1. The van der Waals surface area contributed by atoms with Crippen molar-refractivity contribution in [2.24, 2.45) is 0 Å². The Balaban J connectivity index is 2.18. The van der Waals surface area contributed by atoms with Crippen LogP contribution < -0.4 is 5.32 Å². The molecule has 0 fully saturated rings. The number of aromatic nitrogens is 2. The average molecular weight is 319 g/mol. The Morgan fingerprint density at radius 1 is 1.50 bits per heavy atom. The minimum Gasteiger partial charge on any atom is -0.298 e. The zero-order valence-electron chi connectivity index (χ0n) is 7.78. The predicted molar refractivity (Wildman–Crippen MR) is 67.0 cm³/mol. The molecule has 0 aromatic carbocycles. The third-order valence-corrected chi connectivity index (χ3v) is 3.41. The normalized spacial score (nSPS) is 10.1. The zero-order valence-corrected chi connectivity index (χ0v) is 10.9. The summed E-state index contributed by atoms with van der Waals surface area (Å²) in [6, 6.07) is 1.56. The van der Waals surface area contributed by atoms with Gasteiger partial charge in [-0.05, 0) is 22.0 Å². The molecular formula is C9H5BrClN3OS. The van der Waals surface area contributed by atoms with Gasteiger partial charge in [0.1, 0.15) is 0 Å². The summed E-state index contributed by atoms with van der Waals surface area (Å²) in [5.41, 5.74) is 0.378. The second kappa shape index (κ2) is 4.90. The molecule has 0 aliphatic heterocycles. The van der Waals surface area contributed by atoms with Gasteiger partial charge in [0.25, 0.3) is 5.91 Å². The number of nitrogens with one attached hydrogen (secondary N) is 1. The number of hydrogen-bond acceptors (Lipinski definition) is 4. The predicted octanol–water partition coefficient (Wildman–Crippen LogP) is 3.21. The molecule has 2 aromatic heterocycles. The van der Waals surface area contributed by atoms with Crippen molar-refractivity contribution in [1.29, 1.82) is 0 Å². The van der Waals surface area contributed by atoms with Crippen LogP contribution in [0.4, 0.5) is 5.13 Å². The first kappa shape index (κ1) is 11.5. The highest BCUT2D eigenvalue weighted by Gasteiger charge is 2.11. The molecule has 0 unspecified atom stereocenters. The first-order valence-electron chi connectivity index (χ1n) is 4.19. The van der Waals surface area contributed by atoms with Gasteiger partial charge in [-0.3, -0.25) is 15.1 Å². The van der Waals surface area contributed by atoms with Crippen molar-refractivity contribution in [2.75, 3.05) is 5.32 Å². The van der Waals surface area contributed by atoms with Gasteiger partial charge in [0.05, 0.1) is 20.6 Å². The molecule has 0 aliphatic carbocycles. The lowest BCUT2D eigenvalue weighted by atomic mass is 10.2. The SMILES string of the molecule is O=C(Nc1ncc(Br)s1)c1ccncc1Cl. The molecule has 0 aliphatic rings. The van der Waals surface area contributed by atoms with Crippen molar-refractivity contribution in [3.8, 4) is 0 Å². The van der Waals surface area contributed by atoms with Gasteiger partial charge in [0.15, 0.2) is 5.13 Å². The van der Waals surface area contributed by atoms with E-state index in [4.69, 9.17) is 11.6 Å². The average Bonchev–Trinajstić information content (AvgIpc) is 2.64. The van der Waals surface area contributed by atoms with Crippen LogP contribution in [-0.4, -0.2) is 15.9 Å². The minimum absolute atomic E-state index is 0.297. The largest absolute Gasteiger partial charge is 0.298 e. The molecule has 16 heavy (non-hydrogen) atoms. The van der Waals surface area contributed by atoms with Crippen LogP contribution in [-0.2, 0) is 0 Å². The first-order chi connectivity index (χ1) is 7.66. The first-order valence-corrected chi connectivity index (χ1v) is 6.18. The van der Waals surface area contributed by atoms with Crippen molar-refractivity contribution < 1.29 is 4.79 Å². The number of rotatable bonds is 2. The maximum atomic E-state index is 11.8. The number of nitrogens with zero attached hydrogens (tertiary/aromatic N) is 2. The van der Waals surface area contributed by atoms with Crippen LogP contribution >= 0.6 is 38.9 Å². The topological polar surface area (TPSA) is 54.9 Å². The summed E-state index contributed by atoms with van der Waals surface area (Å²) in [6.45, 7) is 0. The van der Waals surface area contributed by atoms with E-state index in [2.05, 4.69) is 31.2 Å². The van der Waals surface area contributed by atoms with E-state index in [-0.39, 0.29) is 5.91 Å². The zero-order chi connectivity index (χ0) is 11.5. The van der Waals surface area contributed by atoms with Gasteiger partial charge < -0.3 is 0 Å². The van der Waals surface area contributed by atoms with E-state index in [0.717, 1.165) is 3.79 Å². The highest BCUT2D eigenvalue weighted by Crippen LogP contribution is 2.24. The van der Waals surface area contributed by atoms with Crippen molar-refractivity contribution >= 4 is 49.9 Å². The second-order valence-corrected chi connectivity index (χ2v) is 5.60. The van der Waals surface area contributed by atoms with E-state index in [9.17, 15) is 4.79 Å². The van der Waals surface area contributed by atoms with Crippen LogP contribution in [0.2, 0.25) is 5.02 Å². The van der Waals surface area contributed by atoms with Crippen LogP contribution in [0, 0.1) is 0 Å². The second-order valence-electron chi connectivity index (χ2n) is 2.78. The van der Waals surface area contributed by atoms with Gasteiger partial charge in [0, 0.05) is 12.4 Å². The third kappa shape index (κ3) is 2.58. The summed E-state index contributed by atoms with van der Waals surface area (Å²) in [5, 5.41) is 3.48. The molecule has 4 nitrogen and oxygen atoms in total. The summed E-state index contributed by atoms with van der Waals surface area (Å²) < 4.78 is 0.851. The van der Waals surface area contributed by atoms with Crippen molar-refractivity contribution in [3.05, 3.63) is 39.0 Å². The molecular weight excluding hydrogens is 314 g/mol. The molecule has 0 atom stereocenters. The van der Waals surface area contributed by atoms with Crippen molar-refractivity contribution in [3.63, 3.8) is 0 Å². The van der Waals surface area contributed by atoms with Crippen LogP contribution in [0.5, 0.6) is 0 Å². The van der Waals surface area contributed by atoms with Gasteiger partial charge in [-0.25, -0.2) is 4.98 Å². The van der Waals surface area contributed by atoms with Gasteiger partial charge in [-0.2, -0.15) is 0 Å². The van der Waals surface area contributed by atoms with E-state index in [1.807, 2.05) is 0 Å². The van der Waals surface area contributed by atoms with Gasteiger partial charge >= 0.3 is 0 Å². The number of amides is 1. The van der Waals surface area contributed by atoms with Gasteiger partial charge in [-0.15, -0.1) is 0 Å². The summed E-state index contributed by atoms with van der Waals surface area (Å²) in [6.07, 6.45) is 4.56. The maximum Gasteiger partial charge on any atom is 0.259 e. The Labute approximate surface area is 109 Å². The molecule has 1 amide bonds. The molecule has 0 saturated heterocycles. The molecule has 2 heterocycles. The molecule has 0 spiro atoms. The van der Waals surface area contributed by atoms with Crippen molar-refractivity contribution in [1.82, 2.24) is 9.97 Å². The maximum absolute atomic E-state index is 11.8. The Morgan fingerprint density at radius 3 is 2.94 bits per heavy atom. The number of carbonyl (C=O) groups excluding carboxylic acids is 1. The number of pyridine rings is 1. The molecule has 7 heteroatoms. The smallest absolute Gasteiger partial charge is 0.259 e. The van der Waals surface area contributed by atoms with E-state index in [1.165, 1.54) is 23.7 Å². The summed E-state index contributed by atoms with van der Waals surface area (Å²) in [4.78, 5) is 19.6. The fraction of sp³-hybridized carbons (Fsp3) is 0. The van der Waals surface area contributed by atoms with Crippen LogP contribution in [0.3, 0.4) is 0 Å². The lowest BCUT2D eigenvalue weighted by molar-refractivity contribution is 0.102. The monoisotopic (exact) mass is 317 g/mol. The van der Waals surface area contributed by atoms with Crippen molar-refractivity contribution in [2.45, 2.75) is 0 Å². The fourth-order valence-corrected chi connectivity index (χ4v) is 2.34. The third-order valence-electron chi connectivity index (χ3n) is 1.72. The Morgan fingerprint density at radius 2 is 2.31 bits per heavy atom. The summed E-state index contributed by atoms with van der Waals surface area (Å²) in [7, 11) is 0. The lowest BCUT2D eigenvalue weighted by Crippen LogP contribution is -2.12. The summed E-state index contributed by atoms with van der Waals surface area (Å²) >= 11 is 10.4. The van der Waals surface area contributed by atoms with Gasteiger partial charge in [-0.1, -0.05) is 22.9 Å². The fourth-order valence-electron chi connectivity index (χ4n) is 1.04. The van der Waals surface area contributed by atoms with Gasteiger partial charge in [0.2, 0.25) is 0 Å². The van der Waals surface area contributed by atoms with E-state index < -0.39 is 0 Å². The highest BCUT2D eigenvalue weighted by atomic mass is 79.9. The van der Waals surface area contributed by atoms with E-state index in [0.29, 0.717) is 15.7 Å². The number of halogens is 2. The molecule has 2 aromatic rings. The van der Waals surface area contributed by atoms with E-state index in [1.54, 1.807) is 12.3 Å². The van der Waals surface area contributed by atoms with Crippen LogP contribution in [0.25, 0.3) is 0 Å². The Bertz CT molecular complexity index is 531. The number of hydrogen-bond donors (Lipinski definition) is 1. The quantitative estimate of drug-likeness (QED) is 0.925. The molecule has 2 rings (SSSR count). The van der Waals surface area contributed by atoms with E-state index >= 15 is 0 Å². The molecule has 1 N–H and O–H groups in total. The molecule has 0 radical (unpaired) electrons. The number of carbonyl (C=O) groups is 1. The van der Waals surface area contributed by atoms with Crippen LogP contribution in [0.15, 0.2) is 28.4 Å². The standard InChI is InChI=1S/C9H5BrClN3OS/c10-7-4-13-9(16-7)14-8(15)5-1-2-12-3-6(5)11/h1-4H,(H,13,14,15). The molecule has 0 saturated carbocycles. The molecule has 82 valence electrons. The Hall–Kier alpha value is -0.980.